The summed E-state index contributed by atoms with van der Waals surface area (Å²) in [5.41, 5.74) is 0.602. The molecule has 1 nitrogen and oxygen atoms in total. The molecule has 0 aliphatic carbocycles. The Balaban J connectivity index is 2.84. The topological polar surface area (TPSA) is 17.1 Å². The second kappa shape index (κ2) is 4.62. The van der Waals surface area contributed by atoms with Crippen LogP contribution in [0.5, 0.6) is 0 Å². The molecular weight excluding hydrogens is 243 g/mol. The summed E-state index contributed by atoms with van der Waals surface area (Å²) in [6, 6.07) is 6.40. The molecule has 0 radical (unpaired) electrons. The Morgan fingerprint density at radius 2 is 2.00 bits per heavy atom. The Labute approximate surface area is 82.8 Å². The van der Waals surface area contributed by atoms with E-state index in [9.17, 15) is 8.68 Å². The average Bonchev–Trinajstić information content (AvgIpc) is 2.17. The number of hydrogen-bond acceptors (Lipinski definition) is 2. The summed E-state index contributed by atoms with van der Waals surface area (Å²) < 4.78 is 12.0. The Hall–Kier alpha value is -0.350. The highest BCUT2D eigenvalue weighted by molar-refractivity contribution is 9.09. The molecule has 64 valence electrons. The second-order valence-corrected chi connectivity index (χ2v) is 3.34. The van der Waals surface area contributed by atoms with Crippen LogP contribution in [0.4, 0.5) is 3.89 Å². The molecule has 0 atom stereocenters. The van der Waals surface area contributed by atoms with Crippen LogP contribution in [0.25, 0.3) is 0 Å². The van der Waals surface area contributed by atoms with Crippen LogP contribution in [0.1, 0.15) is 10.4 Å². The zero-order valence-corrected chi connectivity index (χ0v) is 8.49. The standard InChI is InChI=1S/C8H6BrFOS/c9-5-8(11)6-1-3-7(12-10)4-2-6/h1-4H,5H2. The summed E-state index contributed by atoms with van der Waals surface area (Å²) in [5.74, 6) is 0.00501. The molecule has 1 rings (SSSR count). The van der Waals surface area contributed by atoms with Crippen LogP contribution in [0, 0.1) is 0 Å². The lowest BCUT2D eigenvalue weighted by Gasteiger charge is -1.96. The third kappa shape index (κ3) is 2.32. The summed E-state index contributed by atoms with van der Waals surface area (Å²) in [6.45, 7) is 0. The SMILES string of the molecule is O=C(CBr)c1ccc(SF)cc1. The van der Waals surface area contributed by atoms with E-state index in [-0.39, 0.29) is 17.9 Å². The molecule has 0 heterocycles. The van der Waals surface area contributed by atoms with Gasteiger partial charge in [-0.15, -0.1) is 0 Å². The fourth-order valence-corrected chi connectivity index (χ4v) is 1.33. The highest BCUT2D eigenvalue weighted by Crippen LogP contribution is 2.18. The molecule has 0 aliphatic heterocycles. The number of alkyl halides is 1. The second-order valence-electron chi connectivity index (χ2n) is 2.16. The number of benzene rings is 1. The Morgan fingerprint density at radius 1 is 1.42 bits per heavy atom. The molecule has 0 aliphatic rings. The first kappa shape index (κ1) is 9.74. The van der Waals surface area contributed by atoms with Gasteiger partial charge in [-0.2, -0.15) is 3.89 Å². The molecule has 0 unspecified atom stereocenters. The Bertz CT molecular complexity index is 273. The van der Waals surface area contributed by atoms with E-state index in [4.69, 9.17) is 0 Å². The van der Waals surface area contributed by atoms with Crippen molar-refractivity contribution in [1.29, 1.82) is 0 Å². The molecule has 0 spiro atoms. The van der Waals surface area contributed by atoms with Gasteiger partial charge in [-0.25, -0.2) is 0 Å². The van der Waals surface area contributed by atoms with Crippen molar-refractivity contribution in [2.45, 2.75) is 4.90 Å². The zero-order valence-electron chi connectivity index (χ0n) is 6.09. The summed E-state index contributed by atoms with van der Waals surface area (Å²) in [6.07, 6.45) is 0. The van der Waals surface area contributed by atoms with E-state index in [2.05, 4.69) is 15.9 Å². The summed E-state index contributed by atoms with van der Waals surface area (Å²) in [4.78, 5) is 11.6. The largest absolute Gasteiger partial charge is 0.293 e. The van der Waals surface area contributed by atoms with Crippen molar-refractivity contribution in [1.82, 2.24) is 0 Å². The minimum atomic E-state index is 0.00501. The molecule has 0 N–H and O–H groups in total. The third-order valence-electron chi connectivity index (χ3n) is 1.39. The van der Waals surface area contributed by atoms with E-state index in [0.717, 1.165) is 0 Å². The highest BCUT2D eigenvalue weighted by Gasteiger charge is 2.02. The van der Waals surface area contributed by atoms with Crippen molar-refractivity contribution in [2.24, 2.45) is 0 Å². The number of hydrogen-bond donors (Lipinski definition) is 0. The minimum absolute atomic E-state index is 0.00501. The Morgan fingerprint density at radius 3 is 2.42 bits per heavy atom. The molecule has 0 aromatic heterocycles. The quantitative estimate of drug-likeness (QED) is 0.604. The summed E-state index contributed by atoms with van der Waals surface area (Å²) in [5, 5.41) is 0.301. The van der Waals surface area contributed by atoms with Crippen LogP contribution >= 0.6 is 28.1 Å². The predicted molar refractivity (Wildman–Crippen MR) is 51.5 cm³/mol. The highest BCUT2D eigenvalue weighted by atomic mass is 79.9. The van der Waals surface area contributed by atoms with Gasteiger partial charge in [0, 0.05) is 10.5 Å². The zero-order chi connectivity index (χ0) is 8.97. The summed E-state index contributed by atoms with van der Waals surface area (Å²) in [7, 11) is 0. The Kier molecular flexibility index (Phi) is 3.75. The van der Waals surface area contributed by atoms with Gasteiger partial charge in [-0.3, -0.25) is 4.79 Å². The molecular formula is C8H6BrFOS. The monoisotopic (exact) mass is 248 g/mol. The number of halogens is 2. The fourth-order valence-electron chi connectivity index (χ4n) is 0.769. The molecule has 0 bridgehead atoms. The van der Waals surface area contributed by atoms with E-state index >= 15 is 0 Å². The van der Waals surface area contributed by atoms with Crippen LogP contribution in [0.2, 0.25) is 0 Å². The summed E-state index contributed by atoms with van der Waals surface area (Å²) >= 11 is 3.23. The first-order valence-electron chi connectivity index (χ1n) is 3.25. The van der Waals surface area contributed by atoms with Crippen LogP contribution in [-0.2, 0) is 0 Å². The maximum Gasteiger partial charge on any atom is 0.173 e. The molecule has 12 heavy (non-hydrogen) atoms. The van der Waals surface area contributed by atoms with Gasteiger partial charge in [0.25, 0.3) is 0 Å². The molecule has 0 saturated heterocycles. The number of ketones is 1. The van der Waals surface area contributed by atoms with E-state index in [1.165, 1.54) is 0 Å². The van der Waals surface area contributed by atoms with E-state index in [0.29, 0.717) is 15.8 Å². The predicted octanol–water partition coefficient (Wildman–Crippen LogP) is 3.24. The van der Waals surface area contributed by atoms with Gasteiger partial charge in [-0.1, -0.05) is 28.1 Å². The normalized spacial score (nSPS) is 9.83. The maximum atomic E-state index is 12.0. The molecule has 1 aromatic rings. The number of Topliss-reactive ketones (excluding diaryl/α,β-unsaturated/α-hetero) is 1. The van der Waals surface area contributed by atoms with Gasteiger partial charge in [0.2, 0.25) is 0 Å². The van der Waals surface area contributed by atoms with Gasteiger partial charge >= 0.3 is 0 Å². The van der Waals surface area contributed by atoms with Gasteiger partial charge < -0.3 is 0 Å². The van der Waals surface area contributed by atoms with Gasteiger partial charge in [0.1, 0.15) is 0 Å². The van der Waals surface area contributed by atoms with E-state index < -0.39 is 0 Å². The van der Waals surface area contributed by atoms with Crippen molar-refractivity contribution < 1.29 is 8.68 Å². The van der Waals surface area contributed by atoms with Crippen molar-refractivity contribution in [3.05, 3.63) is 29.8 Å². The number of rotatable bonds is 3. The van der Waals surface area contributed by atoms with Crippen LogP contribution in [0.3, 0.4) is 0 Å². The molecule has 0 saturated carbocycles. The first-order valence-corrected chi connectivity index (χ1v) is 5.09. The van der Waals surface area contributed by atoms with Gasteiger partial charge in [-0.05, 0) is 12.1 Å². The molecule has 1 aromatic carbocycles. The fraction of sp³-hybridized carbons (Fsp3) is 0.125. The third-order valence-corrected chi connectivity index (χ3v) is 2.35. The lowest BCUT2D eigenvalue weighted by atomic mass is 10.2. The van der Waals surface area contributed by atoms with Crippen LogP contribution < -0.4 is 0 Å². The lowest BCUT2D eigenvalue weighted by Crippen LogP contribution is -1.98. The van der Waals surface area contributed by atoms with Crippen molar-refractivity contribution in [2.75, 3.05) is 5.33 Å². The van der Waals surface area contributed by atoms with E-state index in [1.807, 2.05) is 0 Å². The van der Waals surface area contributed by atoms with Crippen molar-refractivity contribution >= 4 is 33.9 Å². The first-order chi connectivity index (χ1) is 5.77. The van der Waals surface area contributed by atoms with Crippen LogP contribution in [-0.4, -0.2) is 11.1 Å². The van der Waals surface area contributed by atoms with Gasteiger partial charge in [0.05, 0.1) is 17.5 Å². The van der Waals surface area contributed by atoms with Crippen molar-refractivity contribution in [3.8, 4) is 0 Å². The molecule has 0 amide bonds. The minimum Gasteiger partial charge on any atom is -0.293 e. The number of carbonyl (C=O) groups is 1. The maximum absolute atomic E-state index is 12.0. The van der Waals surface area contributed by atoms with Gasteiger partial charge in [0.15, 0.2) is 5.78 Å². The van der Waals surface area contributed by atoms with Crippen LogP contribution in [0.15, 0.2) is 29.2 Å². The lowest BCUT2D eigenvalue weighted by molar-refractivity contribution is 0.102. The average molecular weight is 249 g/mol. The smallest absolute Gasteiger partial charge is 0.173 e. The number of carbonyl (C=O) groups excluding carboxylic acids is 1. The van der Waals surface area contributed by atoms with E-state index in [1.54, 1.807) is 24.3 Å². The molecule has 0 fully saturated rings. The molecule has 4 heteroatoms. The van der Waals surface area contributed by atoms with Crippen molar-refractivity contribution in [3.63, 3.8) is 0 Å².